The van der Waals surface area contributed by atoms with Crippen molar-refractivity contribution in [1.29, 1.82) is 0 Å². The molecule has 0 unspecified atom stereocenters. The van der Waals surface area contributed by atoms with Gasteiger partial charge in [0.15, 0.2) is 6.10 Å². The van der Waals surface area contributed by atoms with Gasteiger partial charge in [0.25, 0.3) is 5.91 Å². The maximum atomic E-state index is 12.5. The molecule has 2 saturated heterocycles. The molecule has 0 aliphatic carbocycles. The number of benzene rings is 1. The molecule has 2 aliphatic rings. The highest BCUT2D eigenvalue weighted by Crippen LogP contribution is 2.31. The van der Waals surface area contributed by atoms with Gasteiger partial charge in [0.2, 0.25) is 0 Å². The second-order valence-electron chi connectivity index (χ2n) is 5.62. The number of hydrogen-bond donors (Lipinski definition) is 0. The Morgan fingerprint density at radius 1 is 1.29 bits per heavy atom. The lowest BCUT2D eigenvalue weighted by atomic mass is 10.00. The van der Waals surface area contributed by atoms with E-state index in [1.807, 2.05) is 37.3 Å². The molecule has 5 nitrogen and oxygen atoms in total. The number of carbonyl (C=O) groups is 2. The quantitative estimate of drug-likeness (QED) is 0.625. The van der Waals surface area contributed by atoms with E-state index in [1.54, 1.807) is 11.8 Å². The lowest BCUT2D eigenvalue weighted by Gasteiger charge is -2.40. The molecule has 0 radical (unpaired) electrons. The molecule has 21 heavy (non-hydrogen) atoms. The Morgan fingerprint density at radius 3 is 2.57 bits per heavy atom. The Bertz CT molecular complexity index is 540. The van der Waals surface area contributed by atoms with E-state index in [0.29, 0.717) is 13.0 Å². The molecule has 0 bridgehead atoms. The summed E-state index contributed by atoms with van der Waals surface area (Å²) in [5, 5.41) is 0. The van der Waals surface area contributed by atoms with Gasteiger partial charge in [-0.05, 0) is 19.4 Å². The van der Waals surface area contributed by atoms with Crippen LogP contribution in [0, 0.1) is 0 Å². The van der Waals surface area contributed by atoms with Crippen molar-refractivity contribution >= 4 is 11.9 Å². The van der Waals surface area contributed by atoms with Gasteiger partial charge in [-0.15, -0.1) is 0 Å². The van der Waals surface area contributed by atoms with Gasteiger partial charge < -0.3 is 14.4 Å². The largest absolute Gasteiger partial charge is 0.451 e. The second kappa shape index (κ2) is 5.48. The van der Waals surface area contributed by atoms with Gasteiger partial charge in [-0.25, -0.2) is 4.79 Å². The van der Waals surface area contributed by atoms with Crippen LogP contribution in [-0.2, 0) is 19.1 Å². The molecule has 4 atom stereocenters. The normalized spacial score (nSPS) is 30.0. The van der Waals surface area contributed by atoms with Gasteiger partial charge in [0.1, 0.15) is 6.04 Å². The Hall–Kier alpha value is -1.88. The minimum Gasteiger partial charge on any atom is -0.451 e. The van der Waals surface area contributed by atoms with Crippen LogP contribution in [0.4, 0.5) is 0 Å². The molecular weight excluding hydrogens is 270 g/mol. The Morgan fingerprint density at radius 2 is 1.95 bits per heavy atom. The average Bonchev–Trinajstić information content (AvgIpc) is 3.29. The zero-order chi connectivity index (χ0) is 15.0. The van der Waals surface area contributed by atoms with Crippen LogP contribution in [0.1, 0.15) is 31.9 Å². The summed E-state index contributed by atoms with van der Waals surface area (Å²) in [4.78, 5) is 26.4. The molecule has 1 aromatic carbocycles. The number of nitrogens with zero attached hydrogens (tertiary/aromatic N) is 1. The van der Waals surface area contributed by atoms with E-state index in [-0.39, 0.29) is 24.0 Å². The summed E-state index contributed by atoms with van der Waals surface area (Å²) in [6.45, 7) is 4.22. The standard InChI is InChI=1S/C16H19NO4/c1-10(12-6-4-3-5-7-12)17-14(8-13-9-20-13)16(19)21-11(2)15(17)18/h3-7,10-11,13-14H,8-9H2,1-2H3/t10-,11+,13+,14-/m0/s1. The Balaban J connectivity index is 1.89. The van der Waals surface area contributed by atoms with E-state index in [9.17, 15) is 9.59 Å². The molecular formula is C16H19NO4. The van der Waals surface area contributed by atoms with Crippen LogP contribution in [0.25, 0.3) is 0 Å². The van der Waals surface area contributed by atoms with Gasteiger partial charge in [0, 0.05) is 6.42 Å². The van der Waals surface area contributed by atoms with Gasteiger partial charge in [-0.3, -0.25) is 4.79 Å². The minimum atomic E-state index is -0.722. The summed E-state index contributed by atoms with van der Waals surface area (Å²) in [5.41, 5.74) is 1.01. The van der Waals surface area contributed by atoms with Crippen molar-refractivity contribution in [1.82, 2.24) is 4.90 Å². The molecule has 1 aromatic rings. The molecule has 2 fully saturated rings. The SMILES string of the molecule is C[C@H]1OC(=O)[C@H](C[C@@H]2CO2)N([C@@H](C)c2ccccc2)C1=O. The van der Waals surface area contributed by atoms with Crippen molar-refractivity contribution in [2.24, 2.45) is 0 Å². The zero-order valence-electron chi connectivity index (χ0n) is 12.2. The average molecular weight is 289 g/mol. The monoisotopic (exact) mass is 289 g/mol. The molecule has 2 heterocycles. The van der Waals surface area contributed by atoms with Crippen molar-refractivity contribution in [3.8, 4) is 0 Å². The van der Waals surface area contributed by atoms with Crippen LogP contribution >= 0.6 is 0 Å². The lowest BCUT2D eigenvalue weighted by Crippen LogP contribution is -2.56. The van der Waals surface area contributed by atoms with Crippen molar-refractivity contribution in [3.05, 3.63) is 35.9 Å². The molecule has 0 N–H and O–H groups in total. The molecule has 0 aromatic heterocycles. The van der Waals surface area contributed by atoms with E-state index in [2.05, 4.69) is 0 Å². The van der Waals surface area contributed by atoms with Gasteiger partial charge in [-0.2, -0.15) is 0 Å². The van der Waals surface area contributed by atoms with E-state index >= 15 is 0 Å². The van der Waals surface area contributed by atoms with E-state index in [4.69, 9.17) is 9.47 Å². The number of ether oxygens (including phenoxy) is 2. The lowest BCUT2D eigenvalue weighted by molar-refractivity contribution is -0.180. The Labute approximate surface area is 123 Å². The first-order valence-electron chi connectivity index (χ1n) is 7.27. The third kappa shape index (κ3) is 2.78. The summed E-state index contributed by atoms with van der Waals surface area (Å²) in [5.74, 6) is -0.475. The first-order chi connectivity index (χ1) is 10.1. The van der Waals surface area contributed by atoms with Crippen molar-refractivity contribution in [3.63, 3.8) is 0 Å². The van der Waals surface area contributed by atoms with Crippen molar-refractivity contribution < 1.29 is 19.1 Å². The third-order valence-electron chi connectivity index (χ3n) is 4.09. The second-order valence-corrected chi connectivity index (χ2v) is 5.62. The first kappa shape index (κ1) is 14.1. The number of rotatable bonds is 4. The predicted octanol–water partition coefficient (Wildman–Crippen LogP) is 1.68. The topological polar surface area (TPSA) is 59.1 Å². The number of epoxide rings is 1. The summed E-state index contributed by atoms with van der Waals surface area (Å²) >= 11 is 0. The zero-order valence-corrected chi connectivity index (χ0v) is 12.2. The highest BCUT2D eigenvalue weighted by Gasteiger charge is 2.45. The number of amides is 1. The fourth-order valence-electron chi connectivity index (χ4n) is 2.80. The molecule has 1 amide bonds. The van der Waals surface area contributed by atoms with Crippen LogP contribution in [-0.4, -0.2) is 41.6 Å². The maximum absolute atomic E-state index is 12.5. The third-order valence-corrected chi connectivity index (χ3v) is 4.09. The van der Waals surface area contributed by atoms with Crippen LogP contribution in [0.5, 0.6) is 0 Å². The number of cyclic esters (lactones) is 1. The van der Waals surface area contributed by atoms with Crippen LogP contribution in [0.2, 0.25) is 0 Å². The first-order valence-corrected chi connectivity index (χ1v) is 7.27. The van der Waals surface area contributed by atoms with Gasteiger partial charge >= 0.3 is 5.97 Å². The molecule has 5 heteroatoms. The number of morpholine rings is 1. The summed E-state index contributed by atoms with van der Waals surface area (Å²) in [7, 11) is 0. The van der Waals surface area contributed by atoms with Crippen LogP contribution in [0.3, 0.4) is 0 Å². The fourth-order valence-corrected chi connectivity index (χ4v) is 2.80. The molecule has 0 saturated carbocycles. The fraction of sp³-hybridized carbons (Fsp3) is 0.500. The summed E-state index contributed by atoms with van der Waals surface area (Å²) in [6.07, 6.45) is -0.150. The van der Waals surface area contributed by atoms with Crippen molar-refractivity contribution in [2.75, 3.05) is 6.61 Å². The molecule has 2 aliphatic heterocycles. The van der Waals surface area contributed by atoms with E-state index in [0.717, 1.165) is 5.56 Å². The number of hydrogen-bond acceptors (Lipinski definition) is 4. The smallest absolute Gasteiger partial charge is 0.329 e. The minimum absolute atomic E-state index is 0.0641. The maximum Gasteiger partial charge on any atom is 0.329 e. The highest BCUT2D eigenvalue weighted by molar-refractivity contribution is 5.92. The van der Waals surface area contributed by atoms with E-state index in [1.165, 1.54) is 0 Å². The van der Waals surface area contributed by atoms with Gasteiger partial charge in [0.05, 0.1) is 18.8 Å². The highest BCUT2D eigenvalue weighted by atomic mass is 16.6. The predicted molar refractivity (Wildman–Crippen MR) is 75.4 cm³/mol. The summed E-state index contributed by atoms with van der Waals surface area (Å²) < 4.78 is 10.4. The van der Waals surface area contributed by atoms with E-state index < -0.39 is 12.1 Å². The van der Waals surface area contributed by atoms with Gasteiger partial charge in [-0.1, -0.05) is 30.3 Å². The Kier molecular flexibility index (Phi) is 3.68. The molecule has 112 valence electrons. The number of carbonyl (C=O) groups excluding carboxylic acids is 2. The van der Waals surface area contributed by atoms with Crippen LogP contribution in [0.15, 0.2) is 30.3 Å². The number of esters is 1. The molecule has 3 rings (SSSR count). The van der Waals surface area contributed by atoms with Crippen molar-refractivity contribution in [2.45, 2.75) is 44.6 Å². The summed E-state index contributed by atoms with van der Waals surface area (Å²) in [6, 6.07) is 9.00. The van der Waals surface area contributed by atoms with Crippen LogP contribution < -0.4 is 0 Å². The molecule has 0 spiro atoms.